The van der Waals surface area contributed by atoms with Gasteiger partial charge < -0.3 is 54.9 Å². The number of phenolic OH excluding ortho intramolecular Hbond substituents is 1. The zero-order chi connectivity index (χ0) is 33.3. The van der Waals surface area contributed by atoms with Crippen LogP contribution in [0.4, 0.5) is 0 Å². The van der Waals surface area contributed by atoms with Crippen molar-refractivity contribution in [2.24, 2.45) is 0 Å². The molecule has 10 atom stereocenters. The van der Waals surface area contributed by atoms with Crippen molar-refractivity contribution in [1.29, 1.82) is 0 Å². The molecule has 0 radical (unpaired) electrons. The molecule has 0 aromatic heterocycles. The number of fused-ring (bicyclic) bond motifs is 1. The number of carbonyl (C=O) groups excluding carboxylic acids is 1. The van der Waals surface area contributed by atoms with Crippen LogP contribution in [-0.4, -0.2) is 119 Å². The number of ether oxygens (including phenoxy) is 4. The van der Waals surface area contributed by atoms with Crippen LogP contribution in [0, 0.1) is 0 Å². The van der Waals surface area contributed by atoms with E-state index in [2.05, 4.69) is 5.32 Å². The Morgan fingerprint density at radius 2 is 1.61 bits per heavy atom. The average Bonchev–Trinajstić information content (AvgIpc) is 3.64. The number of benzene rings is 2. The molecule has 46 heavy (non-hydrogen) atoms. The first-order valence-electron chi connectivity index (χ1n) is 14.5. The van der Waals surface area contributed by atoms with Gasteiger partial charge in [0.25, 0.3) is 0 Å². The van der Waals surface area contributed by atoms with E-state index in [0.29, 0.717) is 11.1 Å². The van der Waals surface area contributed by atoms with Crippen molar-refractivity contribution in [1.82, 2.24) is 5.32 Å². The molecular weight excluding hydrogens is 626 g/mol. The molecule has 250 valence electrons. The van der Waals surface area contributed by atoms with Gasteiger partial charge in [-0.2, -0.15) is 0 Å². The number of nitrogens with one attached hydrogen (secondary N) is 1. The van der Waals surface area contributed by atoms with Gasteiger partial charge in [-0.05, 0) is 55.3 Å². The topological polar surface area (TPSA) is 222 Å². The zero-order valence-corrected chi connectivity index (χ0v) is 25.7. The van der Waals surface area contributed by atoms with Crippen molar-refractivity contribution in [3.05, 3.63) is 71.3 Å². The van der Waals surface area contributed by atoms with Crippen molar-refractivity contribution in [3.63, 3.8) is 0 Å². The lowest BCUT2D eigenvalue weighted by Gasteiger charge is -2.41. The molecule has 2 aliphatic heterocycles. The summed E-state index contributed by atoms with van der Waals surface area (Å²) in [5.41, 5.74) is 0.881. The number of sulfone groups is 1. The van der Waals surface area contributed by atoms with Gasteiger partial charge in [0.2, 0.25) is 12.2 Å². The Labute approximate surface area is 265 Å². The van der Waals surface area contributed by atoms with Crippen molar-refractivity contribution in [3.8, 4) is 11.5 Å². The van der Waals surface area contributed by atoms with E-state index in [4.69, 9.17) is 18.9 Å². The second kappa shape index (κ2) is 13.8. The molecule has 0 unspecified atom stereocenters. The van der Waals surface area contributed by atoms with Gasteiger partial charge in [-0.3, -0.25) is 4.79 Å². The molecule has 2 aromatic rings. The summed E-state index contributed by atoms with van der Waals surface area (Å²) in [6, 6.07) is 10.8. The van der Waals surface area contributed by atoms with Crippen LogP contribution in [-0.2, 0) is 28.8 Å². The van der Waals surface area contributed by atoms with Gasteiger partial charge in [-0.1, -0.05) is 30.3 Å². The predicted octanol–water partition coefficient (Wildman–Crippen LogP) is -0.636. The van der Waals surface area contributed by atoms with Crippen molar-refractivity contribution >= 4 is 21.8 Å². The fourth-order valence-corrected chi connectivity index (χ4v) is 6.83. The van der Waals surface area contributed by atoms with Crippen LogP contribution in [0.2, 0.25) is 0 Å². The molecule has 0 spiro atoms. The Balaban J connectivity index is 1.21. The highest BCUT2D eigenvalue weighted by Crippen LogP contribution is 2.34. The van der Waals surface area contributed by atoms with E-state index in [1.54, 1.807) is 25.1 Å². The third-order valence-corrected chi connectivity index (χ3v) is 9.86. The minimum absolute atomic E-state index is 0.0970. The maximum Gasteiger partial charge on any atom is 0.247 e. The summed E-state index contributed by atoms with van der Waals surface area (Å²) in [7, 11) is -3.63. The number of aromatic hydroxyl groups is 1. The fraction of sp³-hybridized carbons (Fsp3) is 0.452. The van der Waals surface area contributed by atoms with E-state index in [1.807, 2.05) is 0 Å². The van der Waals surface area contributed by atoms with E-state index in [0.717, 1.165) is 0 Å². The Hall–Kier alpha value is -3.38. The van der Waals surface area contributed by atoms with Gasteiger partial charge in [-0.25, -0.2) is 8.42 Å². The molecular formula is C31H37NO13S. The fourth-order valence-electron chi connectivity index (χ4n) is 5.59. The molecule has 1 amide bonds. The molecule has 7 N–H and O–H groups in total. The van der Waals surface area contributed by atoms with E-state index in [-0.39, 0.29) is 34.5 Å². The summed E-state index contributed by atoms with van der Waals surface area (Å²) in [6.07, 6.45) is -8.69. The number of hydrogen-bond acceptors (Lipinski definition) is 13. The van der Waals surface area contributed by atoms with Gasteiger partial charge in [0.05, 0.1) is 16.7 Å². The zero-order valence-electron chi connectivity index (χ0n) is 24.9. The van der Waals surface area contributed by atoms with Gasteiger partial charge in [0.1, 0.15) is 55.6 Å². The molecule has 2 heterocycles. The summed E-state index contributed by atoms with van der Waals surface area (Å²) in [5.74, 6) is -1.48. The van der Waals surface area contributed by atoms with Gasteiger partial charge in [-0.15, -0.1) is 0 Å². The highest BCUT2D eigenvalue weighted by Gasteiger charge is 2.53. The molecule has 3 fully saturated rings. The standard InChI is InChI=1S/C31H37NO13S/c1-15(10-11-46(40,41)18-6-4-3-5-7-18)27-25(37)26(38)31(45-27)44-20-9-8-17(13-19(20)33)12-16(2)30(39)32-21-22(34)24(36)29-28(23(21)35)42-14-43-29/h3-10,12-13,21-29,31,33-38H,11,14H2,1-2H3,(H,32,39)/b15-10+,16-12+/t21-,22+,23-,24-,25+,26+,27-,28+,29-,31-/m1/s1. The SMILES string of the molecule is C/C(=C\c1ccc(O[C@@H]2O[C@H](/C(C)=C/CS(=O)(=O)c3ccccc3)[C@@H](O)[C@@H]2O)c(O)c1)C(=O)N[C@@H]1[C@H](O)[C@@H](O)[C@H]2OCO[C@H]2[C@@H]1O. The van der Waals surface area contributed by atoms with Crippen molar-refractivity contribution in [2.45, 2.75) is 79.9 Å². The van der Waals surface area contributed by atoms with Crippen LogP contribution in [0.25, 0.3) is 6.08 Å². The normalized spacial score (nSPS) is 33.5. The van der Waals surface area contributed by atoms with Crippen LogP contribution < -0.4 is 10.1 Å². The van der Waals surface area contributed by atoms with Crippen LogP contribution in [0.1, 0.15) is 19.4 Å². The number of amides is 1. The number of hydrogen-bond donors (Lipinski definition) is 7. The first-order chi connectivity index (χ1) is 21.8. The quantitative estimate of drug-likeness (QED) is 0.131. The number of rotatable bonds is 9. The summed E-state index contributed by atoms with van der Waals surface area (Å²) in [4.78, 5) is 13.0. The summed E-state index contributed by atoms with van der Waals surface area (Å²) in [6.45, 7) is 2.87. The third-order valence-electron chi connectivity index (χ3n) is 8.26. The highest BCUT2D eigenvalue weighted by molar-refractivity contribution is 7.91. The Kier molecular flexibility index (Phi) is 10.2. The maximum absolute atomic E-state index is 12.9. The second-order valence-corrected chi connectivity index (χ2v) is 13.5. The second-order valence-electron chi connectivity index (χ2n) is 11.5. The van der Waals surface area contributed by atoms with Crippen LogP contribution in [0.5, 0.6) is 11.5 Å². The lowest BCUT2D eigenvalue weighted by atomic mass is 9.83. The Bertz CT molecular complexity index is 1580. The number of carbonyl (C=O) groups is 1. The van der Waals surface area contributed by atoms with Gasteiger partial charge >= 0.3 is 0 Å². The number of aliphatic hydroxyl groups excluding tert-OH is 5. The molecule has 1 aliphatic carbocycles. The minimum Gasteiger partial charge on any atom is -0.504 e. The largest absolute Gasteiger partial charge is 0.504 e. The first-order valence-corrected chi connectivity index (χ1v) is 16.2. The van der Waals surface area contributed by atoms with Crippen molar-refractivity contribution in [2.75, 3.05) is 12.5 Å². The van der Waals surface area contributed by atoms with Gasteiger partial charge in [0.15, 0.2) is 21.3 Å². The maximum atomic E-state index is 12.9. The Morgan fingerprint density at radius 1 is 0.935 bits per heavy atom. The van der Waals surface area contributed by atoms with Crippen molar-refractivity contribution < 1.29 is 62.8 Å². The Morgan fingerprint density at radius 3 is 2.28 bits per heavy atom. The number of aliphatic hydroxyl groups is 5. The lowest BCUT2D eigenvalue weighted by Crippen LogP contribution is -2.67. The van der Waals surface area contributed by atoms with E-state index in [9.17, 15) is 43.9 Å². The first kappa shape index (κ1) is 34.0. The summed E-state index contributed by atoms with van der Waals surface area (Å²) >= 11 is 0. The third kappa shape index (κ3) is 6.97. The molecule has 3 aliphatic rings. The average molecular weight is 664 g/mol. The predicted molar refractivity (Wildman–Crippen MR) is 160 cm³/mol. The van der Waals surface area contributed by atoms with E-state index >= 15 is 0 Å². The molecule has 14 nitrogen and oxygen atoms in total. The monoisotopic (exact) mass is 663 g/mol. The highest BCUT2D eigenvalue weighted by atomic mass is 32.2. The molecule has 5 rings (SSSR count). The summed E-state index contributed by atoms with van der Waals surface area (Å²) < 4.78 is 47.1. The molecule has 2 aromatic carbocycles. The van der Waals surface area contributed by atoms with Gasteiger partial charge in [0, 0.05) is 5.57 Å². The minimum atomic E-state index is -3.63. The van der Waals surface area contributed by atoms with Crippen LogP contribution in [0.3, 0.4) is 0 Å². The molecule has 15 heteroatoms. The number of phenols is 1. The van der Waals surface area contributed by atoms with E-state index < -0.39 is 76.9 Å². The molecule has 1 saturated carbocycles. The lowest BCUT2D eigenvalue weighted by molar-refractivity contribution is -0.155. The van der Waals surface area contributed by atoms with Crippen LogP contribution >= 0.6 is 0 Å². The van der Waals surface area contributed by atoms with E-state index in [1.165, 1.54) is 49.4 Å². The smallest absolute Gasteiger partial charge is 0.247 e. The molecule has 2 saturated heterocycles. The summed E-state index contributed by atoms with van der Waals surface area (Å²) in [5, 5.41) is 65.6. The van der Waals surface area contributed by atoms with Crippen LogP contribution in [0.15, 0.2) is 70.6 Å². The molecule has 0 bridgehead atoms.